The summed E-state index contributed by atoms with van der Waals surface area (Å²) in [6.45, 7) is 4.18. The number of hydrogen-bond acceptors (Lipinski definition) is 4. The summed E-state index contributed by atoms with van der Waals surface area (Å²) < 4.78 is 13.0. The summed E-state index contributed by atoms with van der Waals surface area (Å²) in [6, 6.07) is 7.65. The van der Waals surface area contributed by atoms with E-state index in [1.165, 1.54) is 11.3 Å². The van der Waals surface area contributed by atoms with Crippen molar-refractivity contribution >= 4 is 0 Å². The molecule has 0 aliphatic rings. The van der Waals surface area contributed by atoms with Crippen molar-refractivity contribution in [1.82, 2.24) is 15.1 Å². The van der Waals surface area contributed by atoms with Crippen LogP contribution in [0.1, 0.15) is 11.3 Å². The Morgan fingerprint density at radius 3 is 2.70 bits per heavy atom. The van der Waals surface area contributed by atoms with Crippen molar-refractivity contribution in [2.24, 2.45) is 0 Å². The molecule has 1 aromatic heterocycles. The van der Waals surface area contributed by atoms with E-state index in [1.807, 2.05) is 42.2 Å². The molecule has 5 nitrogen and oxygen atoms in total. The Labute approximate surface area is 119 Å². The molecule has 1 N–H and O–H groups in total. The lowest BCUT2D eigenvalue weighted by atomic mass is 10.2. The summed E-state index contributed by atoms with van der Waals surface area (Å²) in [6.07, 6.45) is 1.90. The van der Waals surface area contributed by atoms with E-state index in [0.29, 0.717) is 13.2 Å². The highest BCUT2D eigenvalue weighted by Crippen LogP contribution is 2.25. The third kappa shape index (κ3) is 3.30. The molecule has 0 saturated carbocycles. The fourth-order valence-electron chi connectivity index (χ4n) is 2.05. The van der Waals surface area contributed by atoms with E-state index in [-0.39, 0.29) is 0 Å². The predicted octanol–water partition coefficient (Wildman–Crippen LogP) is 2.00. The Hall–Kier alpha value is -2.01. The van der Waals surface area contributed by atoms with Gasteiger partial charge in [0.1, 0.15) is 6.61 Å². The molecule has 0 spiro atoms. The number of rotatable bonds is 7. The SMILES string of the molecule is CNCc1cnn(CCOc2ccccc2OC)c1C. The molecule has 5 heteroatoms. The Morgan fingerprint density at radius 2 is 2.00 bits per heavy atom. The van der Waals surface area contributed by atoms with Crippen molar-refractivity contribution in [2.45, 2.75) is 20.0 Å². The summed E-state index contributed by atoms with van der Waals surface area (Å²) in [5, 5.41) is 7.51. The maximum atomic E-state index is 5.75. The van der Waals surface area contributed by atoms with Gasteiger partial charge in [-0.15, -0.1) is 0 Å². The first-order valence-electron chi connectivity index (χ1n) is 6.68. The summed E-state index contributed by atoms with van der Waals surface area (Å²) >= 11 is 0. The highest BCUT2D eigenvalue weighted by molar-refractivity contribution is 5.39. The molecule has 0 bridgehead atoms. The van der Waals surface area contributed by atoms with Gasteiger partial charge in [0.2, 0.25) is 0 Å². The first-order valence-corrected chi connectivity index (χ1v) is 6.68. The van der Waals surface area contributed by atoms with Crippen LogP contribution in [0.15, 0.2) is 30.5 Å². The van der Waals surface area contributed by atoms with Crippen LogP contribution in [0.4, 0.5) is 0 Å². The maximum Gasteiger partial charge on any atom is 0.161 e. The Morgan fingerprint density at radius 1 is 1.25 bits per heavy atom. The van der Waals surface area contributed by atoms with Gasteiger partial charge in [0.15, 0.2) is 11.5 Å². The topological polar surface area (TPSA) is 48.3 Å². The summed E-state index contributed by atoms with van der Waals surface area (Å²) in [5.74, 6) is 1.51. The quantitative estimate of drug-likeness (QED) is 0.839. The lowest BCUT2D eigenvalue weighted by Gasteiger charge is -2.11. The van der Waals surface area contributed by atoms with Crippen molar-refractivity contribution in [3.8, 4) is 11.5 Å². The summed E-state index contributed by atoms with van der Waals surface area (Å²) in [7, 11) is 3.57. The number of benzene rings is 1. The third-order valence-corrected chi connectivity index (χ3v) is 3.20. The maximum absolute atomic E-state index is 5.75. The molecule has 1 heterocycles. The average Bonchev–Trinajstić information content (AvgIpc) is 2.81. The van der Waals surface area contributed by atoms with Gasteiger partial charge in [-0.25, -0.2) is 0 Å². The van der Waals surface area contributed by atoms with Crippen LogP contribution < -0.4 is 14.8 Å². The molecule has 2 rings (SSSR count). The molecule has 0 saturated heterocycles. The number of nitrogens with one attached hydrogen (secondary N) is 1. The van der Waals surface area contributed by atoms with Crippen LogP contribution >= 0.6 is 0 Å². The van der Waals surface area contributed by atoms with Crippen LogP contribution in [0, 0.1) is 6.92 Å². The van der Waals surface area contributed by atoms with Crippen molar-refractivity contribution in [2.75, 3.05) is 20.8 Å². The van der Waals surface area contributed by atoms with Gasteiger partial charge in [-0.1, -0.05) is 12.1 Å². The van der Waals surface area contributed by atoms with Gasteiger partial charge in [0.25, 0.3) is 0 Å². The van der Waals surface area contributed by atoms with Gasteiger partial charge in [-0.2, -0.15) is 5.10 Å². The average molecular weight is 275 g/mol. The summed E-state index contributed by atoms with van der Waals surface area (Å²) in [4.78, 5) is 0. The fourth-order valence-corrected chi connectivity index (χ4v) is 2.05. The van der Waals surface area contributed by atoms with E-state index in [1.54, 1.807) is 7.11 Å². The Bertz CT molecular complexity index is 552. The second kappa shape index (κ2) is 6.96. The third-order valence-electron chi connectivity index (χ3n) is 3.20. The van der Waals surface area contributed by atoms with Gasteiger partial charge in [0.05, 0.1) is 19.9 Å². The van der Waals surface area contributed by atoms with Crippen LogP contribution in [0.2, 0.25) is 0 Å². The van der Waals surface area contributed by atoms with Crippen LogP contribution in [0.5, 0.6) is 11.5 Å². The molecule has 0 fully saturated rings. The minimum atomic E-state index is 0.557. The van der Waals surface area contributed by atoms with Crippen molar-refractivity contribution in [3.63, 3.8) is 0 Å². The molecular formula is C15H21N3O2. The molecule has 0 aliphatic heterocycles. The van der Waals surface area contributed by atoms with E-state index >= 15 is 0 Å². The molecule has 20 heavy (non-hydrogen) atoms. The zero-order valence-corrected chi connectivity index (χ0v) is 12.2. The zero-order chi connectivity index (χ0) is 14.4. The van der Waals surface area contributed by atoms with Gasteiger partial charge in [-0.3, -0.25) is 4.68 Å². The predicted molar refractivity (Wildman–Crippen MR) is 78.2 cm³/mol. The smallest absolute Gasteiger partial charge is 0.161 e. The molecule has 0 radical (unpaired) electrons. The fraction of sp³-hybridized carbons (Fsp3) is 0.400. The number of aromatic nitrogens is 2. The number of nitrogens with zero attached hydrogens (tertiary/aromatic N) is 2. The van der Waals surface area contributed by atoms with Crippen molar-refractivity contribution < 1.29 is 9.47 Å². The van der Waals surface area contributed by atoms with Crippen LogP contribution in [-0.2, 0) is 13.1 Å². The van der Waals surface area contributed by atoms with Crippen molar-refractivity contribution in [3.05, 3.63) is 41.7 Å². The van der Waals surface area contributed by atoms with E-state index in [0.717, 1.165) is 18.0 Å². The molecule has 2 aromatic rings. The first-order chi connectivity index (χ1) is 9.76. The highest BCUT2D eigenvalue weighted by Gasteiger charge is 2.06. The van der Waals surface area contributed by atoms with E-state index in [2.05, 4.69) is 17.3 Å². The highest BCUT2D eigenvalue weighted by atomic mass is 16.5. The van der Waals surface area contributed by atoms with Gasteiger partial charge < -0.3 is 14.8 Å². The molecule has 0 amide bonds. The molecular weight excluding hydrogens is 254 g/mol. The monoisotopic (exact) mass is 275 g/mol. The van der Waals surface area contributed by atoms with Gasteiger partial charge >= 0.3 is 0 Å². The second-order valence-corrected chi connectivity index (χ2v) is 4.51. The minimum absolute atomic E-state index is 0.557. The van der Waals surface area contributed by atoms with Crippen LogP contribution in [0.25, 0.3) is 0 Å². The largest absolute Gasteiger partial charge is 0.493 e. The molecule has 108 valence electrons. The molecule has 1 aromatic carbocycles. The lowest BCUT2D eigenvalue weighted by Crippen LogP contribution is -2.12. The normalized spacial score (nSPS) is 10.6. The number of hydrogen-bond donors (Lipinski definition) is 1. The van der Waals surface area contributed by atoms with E-state index < -0.39 is 0 Å². The molecule has 0 atom stereocenters. The van der Waals surface area contributed by atoms with E-state index in [9.17, 15) is 0 Å². The zero-order valence-electron chi connectivity index (χ0n) is 12.2. The van der Waals surface area contributed by atoms with Crippen molar-refractivity contribution in [1.29, 1.82) is 0 Å². The Balaban J connectivity index is 1.93. The van der Waals surface area contributed by atoms with Gasteiger partial charge in [-0.05, 0) is 26.1 Å². The van der Waals surface area contributed by atoms with Crippen LogP contribution in [0.3, 0.4) is 0 Å². The Kier molecular flexibility index (Phi) is 5.01. The number of para-hydroxylation sites is 2. The minimum Gasteiger partial charge on any atom is -0.493 e. The first kappa shape index (κ1) is 14.4. The standard InChI is InChI=1S/C15H21N3O2/c1-12-13(10-16-2)11-17-18(12)8-9-20-15-7-5-4-6-14(15)19-3/h4-7,11,16H,8-10H2,1-3H3. The van der Waals surface area contributed by atoms with Gasteiger partial charge in [0, 0.05) is 17.8 Å². The van der Waals surface area contributed by atoms with Crippen LogP contribution in [-0.4, -0.2) is 30.5 Å². The van der Waals surface area contributed by atoms with E-state index in [4.69, 9.17) is 9.47 Å². The molecule has 0 aliphatic carbocycles. The summed E-state index contributed by atoms with van der Waals surface area (Å²) in [5.41, 5.74) is 2.38. The molecule has 0 unspecified atom stereocenters. The second-order valence-electron chi connectivity index (χ2n) is 4.51. The number of ether oxygens (including phenoxy) is 2. The lowest BCUT2D eigenvalue weighted by molar-refractivity contribution is 0.273. The number of methoxy groups -OCH3 is 1.